The molecule has 0 bridgehead atoms. The zero-order valence-corrected chi connectivity index (χ0v) is 4.76. The average Bonchev–Trinajstić information content (AvgIpc) is 1.33. The first kappa shape index (κ1) is 9.93. The van der Waals surface area contributed by atoms with Crippen molar-refractivity contribution in [2.24, 2.45) is 5.50 Å². The van der Waals surface area contributed by atoms with Crippen LogP contribution in [0.5, 0.6) is 0 Å². The number of rotatable bonds is 0. The predicted octanol–water partition coefficient (Wildman–Crippen LogP) is -0.314. The molecule has 0 rings (SSSR count). The van der Waals surface area contributed by atoms with Gasteiger partial charge in [-0.25, -0.2) is 0 Å². The third kappa shape index (κ3) is 2090. The van der Waals surface area contributed by atoms with E-state index in [-0.39, 0.29) is 0 Å². The Bertz CT molecular complexity index is 56.4. The van der Waals surface area contributed by atoms with Crippen LogP contribution in [0.1, 0.15) is 6.92 Å². The highest BCUT2D eigenvalue weighted by Crippen LogP contribution is 2.05. The summed E-state index contributed by atoms with van der Waals surface area (Å²) in [6.07, 6.45) is 0. The normalized spacial score (nSPS) is 6.29. The van der Waals surface area contributed by atoms with Gasteiger partial charge in [0.2, 0.25) is 8.53 Å². The number of hydrogen-bond donors (Lipinski definition) is 3. The third-order valence-electron chi connectivity index (χ3n) is 0. The van der Waals surface area contributed by atoms with Crippen molar-refractivity contribution in [2.75, 3.05) is 0 Å². The van der Waals surface area contributed by atoms with Crippen molar-refractivity contribution >= 4 is 8.53 Å². The van der Waals surface area contributed by atoms with Crippen LogP contribution in [-0.4, -0.2) is 9.79 Å². The molecule has 0 aliphatic heterocycles. The smallest absolute Gasteiger partial charge is 0.247 e. The zero-order chi connectivity index (χ0) is 6.28. The number of nitrogens with zero attached hydrogens (tertiary/aromatic N) is 1. The first-order chi connectivity index (χ1) is 3.15. The quantitative estimate of drug-likeness (QED) is 0.384. The summed E-state index contributed by atoms with van der Waals surface area (Å²) in [5.41, 5.74) is 4.29. The van der Waals surface area contributed by atoms with E-state index in [0.29, 0.717) is 0 Å². The molecule has 7 heavy (non-hydrogen) atoms. The molecule has 4 N–H and O–H groups in total. The van der Waals surface area contributed by atoms with E-state index >= 15 is 0 Å². The Morgan fingerprint density at radius 1 is 1.71 bits per heavy atom. The minimum Gasteiger partial charge on any atom is -0.338 e. The van der Waals surface area contributed by atoms with Gasteiger partial charge in [0.15, 0.2) is 0 Å². The van der Waals surface area contributed by atoms with Gasteiger partial charge in [0, 0.05) is 6.92 Å². The average molecular weight is 122 g/mol. The van der Waals surface area contributed by atoms with E-state index < -0.39 is 8.53 Å². The highest BCUT2D eigenvalue weighted by Gasteiger charge is 1.72. The van der Waals surface area contributed by atoms with Crippen molar-refractivity contribution < 1.29 is 9.79 Å². The van der Waals surface area contributed by atoms with Crippen molar-refractivity contribution in [3.63, 3.8) is 0 Å². The molecular weight excluding hydrogens is 115 g/mol. The van der Waals surface area contributed by atoms with Crippen LogP contribution in [0.4, 0.5) is 0 Å². The molecule has 0 amide bonds. The van der Waals surface area contributed by atoms with Gasteiger partial charge in [-0.3, -0.25) is 5.50 Å². The standard InChI is InChI=1S/C2H3N.H4NO2P/c1-2-3;1-4(2)3/h1H3;2-3H,1H2. The van der Waals surface area contributed by atoms with E-state index in [0.717, 1.165) is 0 Å². The van der Waals surface area contributed by atoms with E-state index in [1.54, 1.807) is 6.07 Å². The van der Waals surface area contributed by atoms with Gasteiger partial charge in [-0.2, -0.15) is 5.26 Å². The number of nitrogens with two attached hydrogens (primary N) is 1. The lowest BCUT2D eigenvalue weighted by molar-refractivity contribution is 0.485. The summed E-state index contributed by atoms with van der Waals surface area (Å²) >= 11 is 0. The molecule has 0 radical (unpaired) electrons. The Labute approximate surface area is 43.2 Å². The van der Waals surface area contributed by atoms with Crippen molar-refractivity contribution in [1.29, 1.82) is 5.26 Å². The highest BCUT2D eigenvalue weighted by molar-refractivity contribution is 7.42. The molecule has 42 valence electrons. The monoisotopic (exact) mass is 122 g/mol. The molecule has 0 unspecified atom stereocenters. The molecule has 4 nitrogen and oxygen atoms in total. The van der Waals surface area contributed by atoms with Crippen LogP contribution < -0.4 is 5.50 Å². The van der Waals surface area contributed by atoms with Gasteiger partial charge in [-0.05, 0) is 0 Å². The van der Waals surface area contributed by atoms with Gasteiger partial charge in [-0.15, -0.1) is 0 Å². The summed E-state index contributed by atoms with van der Waals surface area (Å²) in [4.78, 5) is 14.9. The van der Waals surface area contributed by atoms with Gasteiger partial charge in [-0.1, -0.05) is 0 Å². The van der Waals surface area contributed by atoms with Crippen LogP contribution in [0.25, 0.3) is 0 Å². The summed E-state index contributed by atoms with van der Waals surface area (Å²) in [5, 5.41) is 7.32. The fourth-order valence-electron chi connectivity index (χ4n) is 0. The number of nitriles is 1. The second kappa shape index (κ2) is 9.25. The molecule has 0 aliphatic rings. The topological polar surface area (TPSA) is 90.3 Å². The molecule has 0 heterocycles. The second-order valence-electron chi connectivity index (χ2n) is 0.544. The second-order valence-corrected chi connectivity index (χ2v) is 1.18. The van der Waals surface area contributed by atoms with Crippen LogP contribution >= 0.6 is 8.53 Å². The van der Waals surface area contributed by atoms with Crippen LogP contribution in [0.15, 0.2) is 0 Å². The van der Waals surface area contributed by atoms with Gasteiger partial charge in [0.05, 0.1) is 6.07 Å². The maximum Gasteiger partial charge on any atom is 0.247 e. The van der Waals surface area contributed by atoms with Gasteiger partial charge in [0.1, 0.15) is 0 Å². The van der Waals surface area contributed by atoms with E-state index in [1.807, 2.05) is 0 Å². The van der Waals surface area contributed by atoms with E-state index in [1.165, 1.54) is 6.92 Å². The molecule has 0 aliphatic carbocycles. The van der Waals surface area contributed by atoms with Crippen molar-refractivity contribution in [3.05, 3.63) is 0 Å². The summed E-state index contributed by atoms with van der Waals surface area (Å²) in [7, 11) is -2.12. The molecule has 0 aromatic rings. The summed E-state index contributed by atoms with van der Waals surface area (Å²) in [6.45, 7) is 1.43. The summed E-state index contributed by atoms with van der Waals surface area (Å²) < 4.78 is 0. The molecular formula is C2H7N2O2P. The Hall–Kier alpha value is -0.200. The molecule has 0 aromatic heterocycles. The molecule has 0 spiro atoms. The van der Waals surface area contributed by atoms with Crippen molar-refractivity contribution in [2.45, 2.75) is 6.92 Å². The first-order valence-electron chi connectivity index (χ1n) is 1.38. The minimum atomic E-state index is -2.12. The van der Waals surface area contributed by atoms with E-state index in [9.17, 15) is 0 Å². The lowest BCUT2D eigenvalue weighted by Crippen LogP contribution is -1.78. The van der Waals surface area contributed by atoms with E-state index in [4.69, 9.17) is 15.0 Å². The Kier molecular flexibility index (Phi) is 13.1. The van der Waals surface area contributed by atoms with Crippen molar-refractivity contribution in [3.8, 4) is 6.07 Å². The predicted molar refractivity (Wildman–Crippen MR) is 26.8 cm³/mol. The molecule has 0 saturated heterocycles. The maximum atomic E-state index is 7.45. The zero-order valence-electron chi connectivity index (χ0n) is 3.87. The first-order valence-corrected chi connectivity index (χ1v) is 2.70. The van der Waals surface area contributed by atoms with Crippen LogP contribution in [0.2, 0.25) is 0 Å². The molecule has 0 saturated carbocycles. The lowest BCUT2D eigenvalue weighted by atomic mass is 11.0. The Morgan fingerprint density at radius 3 is 1.71 bits per heavy atom. The minimum absolute atomic E-state index is 1.43. The molecule has 0 atom stereocenters. The molecule has 5 heteroatoms. The van der Waals surface area contributed by atoms with Gasteiger partial charge in [0.25, 0.3) is 0 Å². The summed E-state index contributed by atoms with van der Waals surface area (Å²) in [5.74, 6) is 0. The fraction of sp³-hybridized carbons (Fsp3) is 0.500. The summed E-state index contributed by atoms with van der Waals surface area (Å²) in [6, 6.07) is 1.75. The third-order valence-corrected chi connectivity index (χ3v) is 0. The van der Waals surface area contributed by atoms with Crippen LogP contribution in [0, 0.1) is 11.3 Å². The maximum absolute atomic E-state index is 7.45. The fourth-order valence-corrected chi connectivity index (χ4v) is 0. The van der Waals surface area contributed by atoms with Crippen LogP contribution in [0.3, 0.4) is 0 Å². The molecule has 0 aromatic carbocycles. The Morgan fingerprint density at radius 2 is 1.71 bits per heavy atom. The van der Waals surface area contributed by atoms with Gasteiger partial charge < -0.3 is 9.79 Å². The molecule has 0 fully saturated rings. The Balaban J connectivity index is 0. The van der Waals surface area contributed by atoms with E-state index in [2.05, 4.69) is 5.50 Å². The van der Waals surface area contributed by atoms with Crippen LogP contribution in [-0.2, 0) is 0 Å². The highest BCUT2D eigenvalue weighted by atomic mass is 31.2. The lowest BCUT2D eigenvalue weighted by Gasteiger charge is -1.79. The van der Waals surface area contributed by atoms with Gasteiger partial charge >= 0.3 is 0 Å². The number of hydrogen-bond acceptors (Lipinski definition) is 4. The van der Waals surface area contributed by atoms with Crippen molar-refractivity contribution in [1.82, 2.24) is 0 Å². The largest absolute Gasteiger partial charge is 0.338 e. The SMILES string of the molecule is CC#N.NP(O)O.